The summed E-state index contributed by atoms with van der Waals surface area (Å²) in [4.78, 5) is 25.2. The molecule has 1 aromatic rings. The average molecular weight is 219 g/mol. The fourth-order valence-electron chi connectivity index (χ4n) is 1.09. The Balaban J connectivity index is 2.92. The van der Waals surface area contributed by atoms with Crippen molar-refractivity contribution < 1.29 is 14.3 Å². The van der Waals surface area contributed by atoms with Gasteiger partial charge in [-0.25, -0.2) is 9.59 Å². The summed E-state index contributed by atoms with van der Waals surface area (Å²) in [5, 5.41) is 0. The number of ether oxygens (including phenoxy) is 1. The molecule has 0 amide bonds. The molecule has 4 nitrogen and oxygen atoms in total. The quantitative estimate of drug-likeness (QED) is 0.436. The first-order valence-electron chi connectivity index (χ1n) is 4.84. The fourth-order valence-corrected chi connectivity index (χ4v) is 1.09. The number of aliphatic imine (C=N–C) groups is 1. The minimum absolute atomic E-state index is 0.367. The third kappa shape index (κ3) is 3.67. The largest absolute Gasteiger partial charge is 0.456 e. The van der Waals surface area contributed by atoms with E-state index in [1.807, 2.05) is 0 Å². The zero-order valence-electron chi connectivity index (χ0n) is 9.48. The van der Waals surface area contributed by atoms with Gasteiger partial charge in [0.15, 0.2) is 0 Å². The molecule has 0 fully saturated rings. The van der Waals surface area contributed by atoms with Crippen molar-refractivity contribution in [2.24, 2.45) is 4.99 Å². The van der Waals surface area contributed by atoms with E-state index in [2.05, 4.69) is 4.99 Å². The molecule has 1 rings (SSSR count). The Labute approximate surface area is 94.0 Å². The van der Waals surface area contributed by atoms with Gasteiger partial charge in [-0.05, 0) is 39.0 Å². The summed E-state index contributed by atoms with van der Waals surface area (Å²) < 4.78 is 5.18. The number of carbonyl (C=O) groups excluding carboxylic acids is 2. The summed E-state index contributed by atoms with van der Waals surface area (Å²) in [6.45, 7) is 5.37. The van der Waals surface area contributed by atoms with Gasteiger partial charge in [-0.3, -0.25) is 0 Å². The van der Waals surface area contributed by atoms with Crippen LogP contribution in [0.15, 0.2) is 29.3 Å². The van der Waals surface area contributed by atoms with E-state index in [1.165, 1.54) is 12.1 Å². The number of rotatable bonds is 2. The molecular formula is C12H13NO3. The Morgan fingerprint density at radius 2 is 2.06 bits per heavy atom. The van der Waals surface area contributed by atoms with Crippen LogP contribution in [-0.4, -0.2) is 17.7 Å². The van der Waals surface area contributed by atoms with Crippen LogP contribution in [0.5, 0.6) is 0 Å². The van der Waals surface area contributed by atoms with E-state index >= 15 is 0 Å². The van der Waals surface area contributed by atoms with Gasteiger partial charge in [0.05, 0.1) is 11.3 Å². The van der Waals surface area contributed by atoms with E-state index in [9.17, 15) is 9.59 Å². The van der Waals surface area contributed by atoms with E-state index in [1.54, 1.807) is 39.0 Å². The molecule has 0 aromatic heterocycles. The van der Waals surface area contributed by atoms with Crippen molar-refractivity contribution in [1.29, 1.82) is 0 Å². The third-order valence-corrected chi connectivity index (χ3v) is 1.66. The lowest BCUT2D eigenvalue weighted by Crippen LogP contribution is -2.23. The highest BCUT2D eigenvalue weighted by Gasteiger charge is 2.17. The van der Waals surface area contributed by atoms with Crippen molar-refractivity contribution in [3.8, 4) is 0 Å². The van der Waals surface area contributed by atoms with Gasteiger partial charge in [0.25, 0.3) is 0 Å². The topological polar surface area (TPSA) is 55.7 Å². The second-order valence-electron chi connectivity index (χ2n) is 4.26. The molecular weight excluding hydrogens is 206 g/mol. The summed E-state index contributed by atoms with van der Waals surface area (Å²) >= 11 is 0. The molecule has 0 aliphatic rings. The minimum atomic E-state index is -0.541. The van der Waals surface area contributed by atoms with Gasteiger partial charge in [0.2, 0.25) is 6.08 Å². The number of benzene rings is 1. The van der Waals surface area contributed by atoms with Crippen LogP contribution >= 0.6 is 0 Å². The second-order valence-corrected chi connectivity index (χ2v) is 4.26. The number of carbonyl (C=O) groups is 1. The minimum Gasteiger partial charge on any atom is -0.456 e. The highest BCUT2D eigenvalue weighted by atomic mass is 16.6. The zero-order valence-corrected chi connectivity index (χ0v) is 9.48. The van der Waals surface area contributed by atoms with Crippen LogP contribution in [0.2, 0.25) is 0 Å². The standard InChI is InChI=1S/C12H13NO3/c1-12(2,3)16-11(15)9-5-4-6-10(7-9)13-8-14/h4-7H,1-3H3. The van der Waals surface area contributed by atoms with Crippen LogP contribution < -0.4 is 0 Å². The van der Waals surface area contributed by atoms with Gasteiger partial charge >= 0.3 is 5.97 Å². The summed E-state index contributed by atoms with van der Waals surface area (Å²) in [6, 6.07) is 6.34. The molecule has 0 unspecified atom stereocenters. The first-order valence-corrected chi connectivity index (χ1v) is 4.84. The summed E-state index contributed by atoms with van der Waals surface area (Å²) in [5.74, 6) is -0.435. The molecule has 0 bridgehead atoms. The van der Waals surface area contributed by atoms with Crippen LogP contribution in [0.3, 0.4) is 0 Å². The normalized spacial score (nSPS) is 10.4. The molecule has 0 atom stereocenters. The van der Waals surface area contributed by atoms with Crippen LogP contribution in [-0.2, 0) is 9.53 Å². The van der Waals surface area contributed by atoms with Gasteiger partial charge < -0.3 is 4.74 Å². The Morgan fingerprint density at radius 1 is 1.38 bits per heavy atom. The summed E-state index contributed by atoms with van der Waals surface area (Å²) in [7, 11) is 0. The van der Waals surface area contributed by atoms with E-state index in [-0.39, 0.29) is 0 Å². The van der Waals surface area contributed by atoms with E-state index in [4.69, 9.17) is 4.74 Å². The predicted octanol–water partition coefficient (Wildman–Crippen LogP) is 2.61. The molecule has 0 saturated carbocycles. The van der Waals surface area contributed by atoms with Gasteiger partial charge in [-0.1, -0.05) is 6.07 Å². The highest BCUT2D eigenvalue weighted by Crippen LogP contribution is 2.17. The Hall–Kier alpha value is -1.93. The SMILES string of the molecule is CC(C)(C)OC(=O)c1cccc(N=C=O)c1. The zero-order chi connectivity index (χ0) is 12.2. The van der Waals surface area contributed by atoms with Crippen LogP contribution in [0, 0.1) is 0 Å². The van der Waals surface area contributed by atoms with E-state index in [0.717, 1.165) is 0 Å². The molecule has 0 spiro atoms. The van der Waals surface area contributed by atoms with Crippen molar-refractivity contribution in [3.63, 3.8) is 0 Å². The number of hydrogen-bond donors (Lipinski definition) is 0. The number of hydrogen-bond acceptors (Lipinski definition) is 4. The first kappa shape index (κ1) is 12.1. The van der Waals surface area contributed by atoms with Crippen molar-refractivity contribution in [3.05, 3.63) is 29.8 Å². The van der Waals surface area contributed by atoms with Crippen molar-refractivity contribution >= 4 is 17.7 Å². The maximum atomic E-state index is 11.7. The van der Waals surface area contributed by atoms with Gasteiger partial charge in [-0.2, -0.15) is 4.99 Å². The lowest BCUT2D eigenvalue weighted by molar-refractivity contribution is 0.00696. The first-order chi connectivity index (χ1) is 7.42. The molecule has 0 saturated heterocycles. The highest BCUT2D eigenvalue weighted by molar-refractivity contribution is 5.90. The molecule has 1 aromatic carbocycles. The number of isocyanates is 1. The smallest absolute Gasteiger partial charge is 0.338 e. The predicted molar refractivity (Wildman–Crippen MR) is 59.4 cm³/mol. The molecule has 0 radical (unpaired) electrons. The van der Waals surface area contributed by atoms with Gasteiger partial charge in [0.1, 0.15) is 5.60 Å². The molecule has 16 heavy (non-hydrogen) atoms. The fraction of sp³-hybridized carbons (Fsp3) is 0.333. The monoisotopic (exact) mass is 219 g/mol. The Kier molecular flexibility index (Phi) is 3.59. The maximum Gasteiger partial charge on any atom is 0.338 e. The number of esters is 1. The Bertz CT molecular complexity index is 440. The molecule has 0 heterocycles. The van der Waals surface area contributed by atoms with Crippen molar-refractivity contribution in [1.82, 2.24) is 0 Å². The van der Waals surface area contributed by atoms with Crippen LogP contribution in [0.1, 0.15) is 31.1 Å². The molecule has 4 heteroatoms. The maximum absolute atomic E-state index is 11.7. The van der Waals surface area contributed by atoms with Gasteiger partial charge in [0, 0.05) is 0 Å². The average Bonchev–Trinajstić information content (AvgIpc) is 2.16. The molecule has 0 N–H and O–H groups in total. The summed E-state index contributed by atoms with van der Waals surface area (Å²) in [5.41, 5.74) is 0.214. The molecule has 0 aliphatic heterocycles. The number of nitrogens with zero attached hydrogens (tertiary/aromatic N) is 1. The van der Waals surface area contributed by atoms with Crippen LogP contribution in [0.25, 0.3) is 0 Å². The van der Waals surface area contributed by atoms with Crippen LogP contribution in [0.4, 0.5) is 5.69 Å². The molecule has 84 valence electrons. The van der Waals surface area contributed by atoms with Crippen molar-refractivity contribution in [2.45, 2.75) is 26.4 Å². The molecule has 0 aliphatic carbocycles. The van der Waals surface area contributed by atoms with Gasteiger partial charge in [-0.15, -0.1) is 0 Å². The lowest BCUT2D eigenvalue weighted by Gasteiger charge is -2.19. The summed E-state index contributed by atoms with van der Waals surface area (Å²) in [6.07, 6.45) is 1.42. The van der Waals surface area contributed by atoms with E-state index in [0.29, 0.717) is 11.3 Å². The van der Waals surface area contributed by atoms with E-state index < -0.39 is 11.6 Å². The second kappa shape index (κ2) is 4.73. The third-order valence-electron chi connectivity index (χ3n) is 1.66. The Morgan fingerprint density at radius 3 is 2.62 bits per heavy atom. The lowest BCUT2D eigenvalue weighted by atomic mass is 10.1. The van der Waals surface area contributed by atoms with Crippen molar-refractivity contribution in [2.75, 3.05) is 0 Å².